The Morgan fingerprint density at radius 3 is 1.36 bits per heavy atom. The highest BCUT2D eigenvalue weighted by molar-refractivity contribution is 7.02. The van der Waals surface area contributed by atoms with E-state index in [1.807, 2.05) is 0 Å². The van der Waals surface area contributed by atoms with Gasteiger partial charge in [0.15, 0.2) is 0 Å². The van der Waals surface area contributed by atoms with Crippen LogP contribution in [0.4, 0.5) is 25.8 Å². The number of fused-ring (bicyclic) bond motifs is 7. The second-order valence-corrected chi connectivity index (χ2v) is 20.3. The van der Waals surface area contributed by atoms with Gasteiger partial charge in [0.1, 0.15) is 11.6 Å². The zero-order chi connectivity index (χ0) is 39.7. The Morgan fingerprint density at radius 2 is 0.893 bits per heavy atom. The molecule has 1 saturated carbocycles. The molecule has 0 N–H and O–H groups in total. The Kier molecular flexibility index (Phi) is 7.45. The quantitative estimate of drug-likeness (QED) is 0.160. The van der Waals surface area contributed by atoms with Gasteiger partial charge in [0, 0.05) is 23.1 Å². The van der Waals surface area contributed by atoms with E-state index >= 15 is 8.78 Å². The summed E-state index contributed by atoms with van der Waals surface area (Å²) < 4.78 is 35.0. The van der Waals surface area contributed by atoms with E-state index < -0.39 is 18.3 Å². The Labute approximate surface area is 334 Å². The lowest BCUT2D eigenvalue weighted by molar-refractivity contribution is 0.125. The van der Waals surface area contributed by atoms with Crippen LogP contribution in [0.1, 0.15) is 135 Å². The first-order valence-electron chi connectivity index (χ1n) is 21.2. The number of halogens is 2. The summed E-state index contributed by atoms with van der Waals surface area (Å²) in [6, 6.07) is 20.1. The van der Waals surface area contributed by atoms with Gasteiger partial charge in [-0.15, -0.1) is 0 Å². The van der Waals surface area contributed by atoms with Crippen LogP contribution in [0.15, 0.2) is 54.6 Å². The molecule has 0 amide bonds. The van der Waals surface area contributed by atoms with Gasteiger partial charge in [0.05, 0.1) is 0 Å². The summed E-state index contributed by atoms with van der Waals surface area (Å²) in [6.07, 6.45) is 4.88. The Balaban J connectivity index is 1.39. The van der Waals surface area contributed by atoms with Crippen molar-refractivity contribution >= 4 is 63.3 Å². The maximum atomic E-state index is 17.5. The molecule has 0 saturated heterocycles. The molecular formula is C51H55B2F2N. The summed E-state index contributed by atoms with van der Waals surface area (Å²) in [5.74, 6) is 0.152. The van der Waals surface area contributed by atoms with Crippen LogP contribution >= 0.6 is 0 Å². The normalized spacial score (nSPS) is 21.4. The fraction of sp³-hybridized carbons (Fsp3) is 0.412. The van der Waals surface area contributed by atoms with Gasteiger partial charge in [-0.05, 0) is 152 Å². The maximum absolute atomic E-state index is 17.5. The summed E-state index contributed by atoms with van der Waals surface area (Å²) in [4.78, 5) is 2.35. The minimum absolute atomic E-state index is 0.0590. The fourth-order valence-electron chi connectivity index (χ4n) is 13.0. The molecule has 1 fully saturated rings. The average molecular weight is 742 g/mol. The molecule has 0 radical (unpaired) electrons. The van der Waals surface area contributed by atoms with Gasteiger partial charge in [-0.3, -0.25) is 0 Å². The van der Waals surface area contributed by atoms with Crippen LogP contribution in [0.3, 0.4) is 0 Å². The van der Waals surface area contributed by atoms with Gasteiger partial charge >= 0.3 is 0 Å². The van der Waals surface area contributed by atoms with E-state index in [2.05, 4.69) is 137 Å². The summed E-state index contributed by atoms with van der Waals surface area (Å²) in [5, 5.41) is 0. The molecule has 11 rings (SSSR count). The second-order valence-electron chi connectivity index (χ2n) is 20.3. The predicted octanol–water partition coefficient (Wildman–Crippen LogP) is 9.29. The second kappa shape index (κ2) is 11.5. The monoisotopic (exact) mass is 741 g/mol. The number of rotatable bonds is 2. The van der Waals surface area contributed by atoms with Crippen molar-refractivity contribution in [2.24, 2.45) is 5.41 Å². The number of hydrogen-bond acceptors (Lipinski definition) is 1. The average Bonchev–Trinajstić information content (AvgIpc) is 3.22. The van der Waals surface area contributed by atoms with Gasteiger partial charge in [-0.25, -0.2) is 8.78 Å². The zero-order valence-corrected chi connectivity index (χ0v) is 35.5. The Bertz CT molecular complexity index is 2540. The molecule has 5 aromatic rings. The molecular weight excluding hydrogens is 686 g/mol. The molecule has 1 nitrogen and oxygen atoms in total. The Hall–Kier alpha value is -4.11. The number of nitrogens with zero attached hydrogens (tertiary/aromatic N) is 1. The van der Waals surface area contributed by atoms with Crippen molar-refractivity contribution in [2.75, 3.05) is 4.90 Å². The largest absolute Gasteiger partial charge is 0.312 e. The van der Waals surface area contributed by atoms with Crippen LogP contribution in [0.5, 0.6) is 0 Å². The van der Waals surface area contributed by atoms with Crippen molar-refractivity contribution in [3.8, 4) is 0 Å². The molecule has 5 heteroatoms. The minimum Gasteiger partial charge on any atom is -0.312 e. The molecule has 4 aliphatic carbocycles. The fourth-order valence-corrected chi connectivity index (χ4v) is 13.0. The first-order valence-corrected chi connectivity index (χ1v) is 21.2. The van der Waals surface area contributed by atoms with Crippen molar-refractivity contribution in [3.63, 3.8) is 0 Å². The molecule has 0 spiro atoms. The third-order valence-electron chi connectivity index (χ3n) is 16.7. The lowest BCUT2D eigenvalue weighted by atomic mass is 9.29. The third kappa shape index (κ3) is 4.44. The van der Waals surface area contributed by atoms with Crippen LogP contribution in [-0.2, 0) is 10.8 Å². The van der Waals surface area contributed by atoms with E-state index in [0.717, 1.165) is 55.5 Å². The summed E-state index contributed by atoms with van der Waals surface area (Å²) in [7, 11) is 0. The molecule has 2 heterocycles. The predicted molar refractivity (Wildman–Crippen MR) is 235 cm³/mol. The summed E-state index contributed by atoms with van der Waals surface area (Å²) in [6.45, 7) is 26.6. The van der Waals surface area contributed by atoms with Gasteiger partial charge in [0.25, 0.3) is 13.4 Å². The first-order chi connectivity index (χ1) is 26.3. The molecule has 2 bridgehead atoms. The van der Waals surface area contributed by atoms with E-state index in [4.69, 9.17) is 0 Å². The summed E-state index contributed by atoms with van der Waals surface area (Å²) in [5.41, 5.74) is 20.9. The zero-order valence-electron chi connectivity index (χ0n) is 35.5. The van der Waals surface area contributed by atoms with E-state index in [-0.39, 0.29) is 23.0 Å². The highest BCUT2D eigenvalue weighted by Crippen LogP contribution is 2.62. The molecule has 5 aromatic carbocycles. The van der Waals surface area contributed by atoms with Gasteiger partial charge in [-0.2, -0.15) is 0 Å². The van der Waals surface area contributed by atoms with Crippen molar-refractivity contribution in [2.45, 2.75) is 131 Å². The molecule has 56 heavy (non-hydrogen) atoms. The maximum Gasteiger partial charge on any atom is 0.251 e. The van der Waals surface area contributed by atoms with Crippen LogP contribution in [0, 0.1) is 58.6 Å². The van der Waals surface area contributed by atoms with E-state index in [1.54, 1.807) is 0 Å². The van der Waals surface area contributed by atoms with Crippen LogP contribution in [0.25, 0.3) is 0 Å². The molecule has 6 aliphatic rings. The molecule has 0 atom stereocenters. The van der Waals surface area contributed by atoms with Gasteiger partial charge in [0.2, 0.25) is 0 Å². The third-order valence-corrected chi connectivity index (χ3v) is 16.7. The van der Waals surface area contributed by atoms with E-state index in [1.165, 1.54) is 65.1 Å². The van der Waals surface area contributed by atoms with E-state index in [9.17, 15) is 0 Å². The Morgan fingerprint density at radius 1 is 0.500 bits per heavy atom. The molecule has 0 unspecified atom stereocenters. The first kappa shape index (κ1) is 36.2. The lowest BCUT2D eigenvalue weighted by Crippen LogP contribution is -2.67. The summed E-state index contributed by atoms with van der Waals surface area (Å²) >= 11 is 0. The molecule has 0 aromatic heterocycles. The number of benzene rings is 5. The van der Waals surface area contributed by atoms with Crippen LogP contribution in [0.2, 0.25) is 0 Å². The van der Waals surface area contributed by atoms with Gasteiger partial charge < -0.3 is 4.90 Å². The smallest absolute Gasteiger partial charge is 0.251 e. The highest BCUT2D eigenvalue weighted by atomic mass is 19.1. The van der Waals surface area contributed by atoms with Crippen molar-refractivity contribution in [1.29, 1.82) is 0 Å². The van der Waals surface area contributed by atoms with Crippen molar-refractivity contribution < 1.29 is 8.78 Å². The number of hydrogen-bond donors (Lipinski definition) is 0. The minimum atomic E-state index is -0.460. The van der Waals surface area contributed by atoms with E-state index in [0.29, 0.717) is 28.4 Å². The lowest BCUT2D eigenvalue weighted by Gasteiger charge is -2.47. The van der Waals surface area contributed by atoms with Crippen molar-refractivity contribution in [3.05, 3.63) is 122 Å². The number of aryl methyl sites for hydroxylation is 6. The topological polar surface area (TPSA) is 3.24 Å². The highest BCUT2D eigenvalue weighted by Gasteiger charge is 2.58. The SMILES string of the molecule is Cc1cc(C)c(B2c3cc4c(cc3N3c5cc6c(cc5B(c5c(C)cc(C)cc5C)c5c(F)cc(F)c2c53)C(C)(C)C(C)(C)C6(C)C)C2CCC4CC2)c(C)c1. The standard InChI is InChI=1S/C51H55B2F2N/c1-26-17-28(3)44(29(4)18-26)52-38-21-34-32-13-15-33(16-14-32)35(34)22-42(38)56-43-24-37-36(49(7,8)51(11,12)50(37,9)10)23-39(43)53(45-30(5)19-27(2)20-31(45)6)47-41(55)25-40(54)46(52)48(47)56/h17-25,32-33H,13-16H2,1-12H3. The molecule has 2 aliphatic heterocycles. The molecule has 284 valence electrons. The van der Waals surface area contributed by atoms with Crippen molar-refractivity contribution in [1.82, 2.24) is 0 Å². The van der Waals surface area contributed by atoms with Crippen LogP contribution in [-0.4, -0.2) is 13.4 Å². The van der Waals surface area contributed by atoms with Gasteiger partial charge in [-0.1, -0.05) is 122 Å². The van der Waals surface area contributed by atoms with Crippen LogP contribution < -0.4 is 37.7 Å². The number of anilines is 3.